The van der Waals surface area contributed by atoms with Gasteiger partial charge in [0.25, 0.3) is 0 Å². The molecule has 3 saturated heterocycles. The topological polar surface area (TPSA) is 45.4 Å². The molecule has 4 nitrogen and oxygen atoms in total. The van der Waals surface area contributed by atoms with Crippen molar-refractivity contribution in [1.82, 2.24) is 14.8 Å². The fraction of sp³-hybridized carbons (Fsp3) is 0.769. The SMILES string of the molecule is NCc1sc(C2CN3CCN2CC3)nc1C1CC1. The summed E-state index contributed by atoms with van der Waals surface area (Å²) in [5.74, 6) is 0.727. The quantitative estimate of drug-likeness (QED) is 0.889. The zero-order valence-electron chi connectivity index (χ0n) is 10.6. The molecule has 1 saturated carbocycles. The molecule has 18 heavy (non-hydrogen) atoms. The van der Waals surface area contributed by atoms with E-state index in [9.17, 15) is 0 Å². The highest BCUT2D eigenvalue weighted by atomic mass is 32.1. The van der Waals surface area contributed by atoms with Crippen LogP contribution in [0.2, 0.25) is 0 Å². The van der Waals surface area contributed by atoms with E-state index in [1.54, 1.807) is 0 Å². The van der Waals surface area contributed by atoms with Crippen LogP contribution in [0.4, 0.5) is 0 Å². The second kappa shape index (κ2) is 4.27. The third-order valence-electron chi connectivity index (χ3n) is 4.46. The van der Waals surface area contributed by atoms with E-state index in [1.165, 1.54) is 61.1 Å². The van der Waals surface area contributed by atoms with Crippen molar-refractivity contribution in [2.75, 3.05) is 32.7 Å². The van der Waals surface area contributed by atoms with Gasteiger partial charge in [-0.15, -0.1) is 11.3 Å². The second-order valence-electron chi connectivity index (χ2n) is 5.69. The molecule has 98 valence electrons. The molecule has 0 radical (unpaired) electrons. The van der Waals surface area contributed by atoms with Gasteiger partial charge in [-0.25, -0.2) is 4.98 Å². The van der Waals surface area contributed by atoms with Gasteiger partial charge in [0.2, 0.25) is 0 Å². The molecule has 5 rings (SSSR count). The summed E-state index contributed by atoms with van der Waals surface area (Å²) in [5, 5.41) is 1.32. The van der Waals surface area contributed by atoms with E-state index in [4.69, 9.17) is 10.7 Å². The predicted molar refractivity (Wildman–Crippen MR) is 72.7 cm³/mol. The Bertz CT molecular complexity index is 446. The molecule has 1 aliphatic carbocycles. The molecule has 1 aromatic rings. The second-order valence-corrected chi connectivity index (χ2v) is 6.81. The lowest BCUT2D eigenvalue weighted by atomic mass is 10.1. The highest BCUT2D eigenvalue weighted by Crippen LogP contribution is 2.44. The minimum Gasteiger partial charge on any atom is -0.326 e. The largest absolute Gasteiger partial charge is 0.326 e. The lowest BCUT2D eigenvalue weighted by Crippen LogP contribution is -2.56. The Labute approximate surface area is 112 Å². The molecule has 2 bridgehead atoms. The number of rotatable bonds is 3. The van der Waals surface area contributed by atoms with Gasteiger partial charge >= 0.3 is 0 Å². The van der Waals surface area contributed by atoms with E-state index in [0.29, 0.717) is 12.6 Å². The monoisotopic (exact) mass is 264 g/mol. The number of hydrogen-bond donors (Lipinski definition) is 1. The van der Waals surface area contributed by atoms with Crippen molar-refractivity contribution in [1.29, 1.82) is 0 Å². The van der Waals surface area contributed by atoms with Gasteiger partial charge in [0.15, 0.2) is 0 Å². The number of fused-ring (bicyclic) bond motifs is 3. The maximum absolute atomic E-state index is 5.88. The Morgan fingerprint density at radius 1 is 1.22 bits per heavy atom. The van der Waals surface area contributed by atoms with E-state index in [1.807, 2.05) is 11.3 Å². The highest BCUT2D eigenvalue weighted by Gasteiger charge is 2.36. The van der Waals surface area contributed by atoms with Gasteiger partial charge in [-0.3, -0.25) is 9.80 Å². The lowest BCUT2D eigenvalue weighted by Gasteiger charge is -2.46. The Balaban J connectivity index is 1.64. The van der Waals surface area contributed by atoms with Crippen LogP contribution in [-0.4, -0.2) is 47.5 Å². The summed E-state index contributed by atoms with van der Waals surface area (Å²) in [6.07, 6.45) is 2.63. The number of hydrogen-bond acceptors (Lipinski definition) is 5. The zero-order chi connectivity index (χ0) is 12.1. The van der Waals surface area contributed by atoms with Crippen LogP contribution in [0, 0.1) is 0 Å². The maximum Gasteiger partial charge on any atom is 0.112 e. The fourth-order valence-corrected chi connectivity index (χ4v) is 4.36. The van der Waals surface area contributed by atoms with E-state index in [0.717, 1.165) is 5.92 Å². The van der Waals surface area contributed by atoms with Crippen LogP contribution in [0.5, 0.6) is 0 Å². The third-order valence-corrected chi connectivity index (χ3v) is 5.65. The zero-order valence-corrected chi connectivity index (χ0v) is 11.5. The van der Waals surface area contributed by atoms with Gasteiger partial charge in [-0.1, -0.05) is 0 Å². The van der Waals surface area contributed by atoms with Gasteiger partial charge in [0, 0.05) is 50.1 Å². The maximum atomic E-state index is 5.88. The summed E-state index contributed by atoms with van der Waals surface area (Å²) in [6.45, 7) is 6.73. The number of nitrogens with zero attached hydrogens (tertiary/aromatic N) is 3. The van der Waals surface area contributed by atoms with Gasteiger partial charge in [-0.2, -0.15) is 0 Å². The Hall–Kier alpha value is -0.490. The fourth-order valence-electron chi connectivity index (χ4n) is 3.20. The molecule has 2 N–H and O–H groups in total. The number of nitrogens with two attached hydrogens (primary N) is 1. The summed E-state index contributed by atoms with van der Waals surface area (Å²) in [7, 11) is 0. The average molecular weight is 264 g/mol. The van der Waals surface area contributed by atoms with Gasteiger partial charge in [0.05, 0.1) is 11.7 Å². The van der Waals surface area contributed by atoms with Crippen LogP contribution in [0.3, 0.4) is 0 Å². The van der Waals surface area contributed by atoms with Crippen LogP contribution in [0.25, 0.3) is 0 Å². The number of aromatic nitrogens is 1. The Morgan fingerprint density at radius 3 is 2.56 bits per heavy atom. The molecular weight excluding hydrogens is 244 g/mol. The van der Waals surface area contributed by atoms with Crippen molar-refractivity contribution in [3.05, 3.63) is 15.6 Å². The first-order valence-corrected chi connectivity index (χ1v) is 7.83. The molecule has 3 aliphatic heterocycles. The van der Waals surface area contributed by atoms with Crippen molar-refractivity contribution < 1.29 is 0 Å². The minimum absolute atomic E-state index is 0.537. The molecule has 4 aliphatic rings. The first kappa shape index (κ1) is 11.3. The van der Waals surface area contributed by atoms with Crippen LogP contribution in [0.1, 0.15) is 40.4 Å². The summed E-state index contributed by atoms with van der Waals surface area (Å²) in [5.41, 5.74) is 7.21. The van der Waals surface area contributed by atoms with Crippen molar-refractivity contribution >= 4 is 11.3 Å². The van der Waals surface area contributed by atoms with Crippen molar-refractivity contribution in [3.63, 3.8) is 0 Å². The summed E-state index contributed by atoms with van der Waals surface area (Å²) in [4.78, 5) is 11.5. The smallest absolute Gasteiger partial charge is 0.112 e. The molecule has 5 heteroatoms. The summed E-state index contributed by atoms with van der Waals surface area (Å²) < 4.78 is 0. The first-order valence-electron chi connectivity index (χ1n) is 7.01. The highest BCUT2D eigenvalue weighted by molar-refractivity contribution is 7.11. The normalized spacial score (nSPS) is 35.1. The van der Waals surface area contributed by atoms with Gasteiger partial charge in [-0.05, 0) is 12.8 Å². The molecule has 1 aromatic heterocycles. The standard InChI is InChI=1S/C13H20N4S/c14-7-11-12(9-1-2-9)15-13(18-11)10-8-16-3-5-17(10)6-4-16/h9-10H,1-8,14H2. The van der Waals surface area contributed by atoms with E-state index in [-0.39, 0.29) is 0 Å². The van der Waals surface area contributed by atoms with E-state index < -0.39 is 0 Å². The van der Waals surface area contributed by atoms with E-state index in [2.05, 4.69) is 9.80 Å². The average Bonchev–Trinajstić information content (AvgIpc) is 3.19. The van der Waals surface area contributed by atoms with Gasteiger partial charge < -0.3 is 5.73 Å². The molecule has 0 aromatic carbocycles. The van der Waals surface area contributed by atoms with Crippen LogP contribution >= 0.6 is 11.3 Å². The van der Waals surface area contributed by atoms with Crippen LogP contribution < -0.4 is 5.73 Å². The lowest BCUT2D eigenvalue weighted by molar-refractivity contribution is 0.0122. The molecular formula is C13H20N4S. The summed E-state index contributed by atoms with van der Waals surface area (Å²) in [6, 6.07) is 0.537. The molecule has 0 spiro atoms. The number of thiazole rings is 1. The summed E-state index contributed by atoms with van der Waals surface area (Å²) >= 11 is 1.87. The van der Waals surface area contributed by atoms with Crippen molar-refractivity contribution in [2.24, 2.45) is 5.73 Å². The molecule has 1 unspecified atom stereocenters. The third kappa shape index (κ3) is 1.81. The number of piperazine rings is 3. The van der Waals surface area contributed by atoms with Gasteiger partial charge in [0.1, 0.15) is 5.01 Å². The molecule has 4 heterocycles. The van der Waals surface area contributed by atoms with Crippen molar-refractivity contribution in [3.8, 4) is 0 Å². The molecule has 4 fully saturated rings. The Kier molecular flexibility index (Phi) is 2.69. The minimum atomic E-state index is 0.537. The first-order chi connectivity index (χ1) is 8.85. The van der Waals surface area contributed by atoms with Crippen LogP contribution in [-0.2, 0) is 6.54 Å². The Morgan fingerprint density at radius 2 is 2.00 bits per heavy atom. The molecule has 0 amide bonds. The van der Waals surface area contributed by atoms with Crippen molar-refractivity contribution in [2.45, 2.75) is 31.3 Å². The molecule has 1 atom stereocenters. The van der Waals surface area contributed by atoms with Crippen LogP contribution in [0.15, 0.2) is 0 Å². The predicted octanol–water partition coefficient (Wildman–Crippen LogP) is 1.15. The van der Waals surface area contributed by atoms with E-state index >= 15 is 0 Å².